The second-order valence-electron chi connectivity index (χ2n) is 8.84. The Morgan fingerprint density at radius 2 is 2.00 bits per heavy atom. The number of carbonyl (C=O) groups is 1. The number of benzene rings is 1. The van der Waals surface area contributed by atoms with E-state index >= 15 is 0 Å². The number of nitrogens with zero attached hydrogens (tertiary/aromatic N) is 3. The lowest BCUT2D eigenvalue weighted by Gasteiger charge is -2.35. The number of amides is 1. The van der Waals surface area contributed by atoms with Gasteiger partial charge in [0.15, 0.2) is 0 Å². The molecule has 0 unspecified atom stereocenters. The predicted molar refractivity (Wildman–Crippen MR) is 121 cm³/mol. The Bertz CT molecular complexity index is 744. The molecule has 2 aliphatic rings. The van der Waals surface area contributed by atoms with E-state index in [0.717, 1.165) is 50.5 Å². The fourth-order valence-electron chi connectivity index (χ4n) is 4.28. The lowest BCUT2D eigenvalue weighted by Crippen LogP contribution is -2.45. The van der Waals surface area contributed by atoms with Gasteiger partial charge in [-0.15, -0.1) is 0 Å². The Morgan fingerprint density at radius 3 is 2.65 bits per heavy atom. The molecule has 1 atom stereocenters. The Balaban J connectivity index is 1.51. The lowest BCUT2D eigenvalue weighted by molar-refractivity contribution is -0.143. The number of rotatable bonds is 10. The highest BCUT2D eigenvalue weighted by molar-refractivity contribution is 5.93. The number of piperidine rings is 1. The Labute approximate surface area is 186 Å². The zero-order valence-corrected chi connectivity index (χ0v) is 19.4. The van der Waals surface area contributed by atoms with E-state index in [9.17, 15) is 4.79 Å². The molecule has 0 N–H and O–H groups in total. The van der Waals surface area contributed by atoms with Gasteiger partial charge in [0.05, 0.1) is 19.4 Å². The van der Waals surface area contributed by atoms with Crippen LogP contribution in [0.25, 0.3) is 0 Å². The number of hydrogen-bond donors (Lipinski definition) is 0. The molecule has 2 aliphatic heterocycles. The summed E-state index contributed by atoms with van der Waals surface area (Å²) in [5, 5.41) is 4.13. The predicted octanol–water partition coefficient (Wildman–Crippen LogP) is 3.18. The third kappa shape index (κ3) is 6.43. The number of carbonyl (C=O) groups excluding carboxylic acids is 1. The first kappa shape index (κ1) is 23.5. The molecule has 3 rings (SSSR count). The summed E-state index contributed by atoms with van der Waals surface area (Å²) in [7, 11) is 3.39. The summed E-state index contributed by atoms with van der Waals surface area (Å²) >= 11 is 0. The lowest BCUT2D eigenvalue weighted by atomic mass is 9.95. The van der Waals surface area contributed by atoms with E-state index in [1.807, 2.05) is 17.0 Å². The molecule has 0 spiro atoms. The number of methoxy groups -OCH3 is 2. The van der Waals surface area contributed by atoms with Gasteiger partial charge in [0.2, 0.25) is 6.10 Å². The fraction of sp³-hybridized carbons (Fsp3) is 0.667. The molecule has 1 saturated heterocycles. The minimum atomic E-state index is -0.486. The summed E-state index contributed by atoms with van der Waals surface area (Å²) in [5.41, 5.74) is 2.19. The molecule has 7 nitrogen and oxygen atoms in total. The normalized spacial score (nSPS) is 19.9. The molecule has 1 aromatic carbocycles. The van der Waals surface area contributed by atoms with Crippen molar-refractivity contribution in [3.63, 3.8) is 0 Å². The molecule has 31 heavy (non-hydrogen) atoms. The molecule has 1 aromatic rings. The molecular weight excluding hydrogens is 394 g/mol. The number of likely N-dealkylation sites (tertiary alicyclic amines) is 1. The molecule has 1 amide bonds. The van der Waals surface area contributed by atoms with Crippen molar-refractivity contribution in [3.05, 3.63) is 29.8 Å². The number of para-hydroxylation sites is 1. The van der Waals surface area contributed by atoms with E-state index < -0.39 is 6.10 Å². The van der Waals surface area contributed by atoms with Crippen LogP contribution in [-0.4, -0.2) is 74.5 Å². The third-order valence-corrected chi connectivity index (χ3v) is 6.28. The first-order chi connectivity index (χ1) is 15.0. The first-order valence-electron chi connectivity index (χ1n) is 11.4. The quantitative estimate of drug-likeness (QED) is 0.569. The second-order valence-corrected chi connectivity index (χ2v) is 8.84. The highest BCUT2D eigenvalue weighted by atomic mass is 16.6. The van der Waals surface area contributed by atoms with Crippen LogP contribution in [-0.2, 0) is 20.9 Å². The van der Waals surface area contributed by atoms with Crippen LogP contribution >= 0.6 is 0 Å². The first-order valence-corrected chi connectivity index (χ1v) is 11.4. The van der Waals surface area contributed by atoms with E-state index in [0.29, 0.717) is 31.4 Å². The molecule has 0 aromatic heterocycles. The molecule has 172 valence electrons. The van der Waals surface area contributed by atoms with Gasteiger partial charge in [-0.3, -0.25) is 9.69 Å². The van der Waals surface area contributed by atoms with Crippen molar-refractivity contribution < 1.29 is 19.1 Å². The van der Waals surface area contributed by atoms with Gasteiger partial charge in [0.25, 0.3) is 5.91 Å². The standard InChI is InChI=1S/C24H37N3O4/c1-18(2)21-15-23(31-25-21)24(28)27(13-14-29-3)16-19-9-11-26(12-10-19)17-20-7-5-6-8-22(20)30-4/h5-8,18-19,23H,9-17H2,1-4H3/t23-/m0/s1. The van der Waals surface area contributed by atoms with Crippen LogP contribution in [0.1, 0.15) is 38.7 Å². The summed E-state index contributed by atoms with van der Waals surface area (Å²) in [6.45, 7) is 8.98. The zero-order valence-electron chi connectivity index (χ0n) is 19.4. The summed E-state index contributed by atoms with van der Waals surface area (Å²) in [4.78, 5) is 23.0. The Hall–Kier alpha value is -2.12. The van der Waals surface area contributed by atoms with Crippen molar-refractivity contribution in [1.82, 2.24) is 9.80 Å². The van der Waals surface area contributed by atoms with Gasteiger partial charge >= 0.3 is 0 Å². The van der Waals surface area contributed by atoms with Crippen molar-refractivity contribution in [3.8, 4) is 5.75 Å². The maximum absolute atomic E-state index is 13.1. The topological polar surface area (TPSA) is 63.6 Å². The summed E-state index contributed by atoms with van der Waals surface area (Å²) in [5.74, 6) is 1.77. The molecule has 0 saturated carbocycles. The van der Waals surface area contributed by atoms with Crippen molar-refractivity contribution in [1.29, 1.82) is 0 Å². The Morgan fingerprint density at radius 1 is 1.26 bits per heavy atom. The van der Waals surface area contributed by atoms with Crippen molar-refractivity contribution in [2.24, 2.45) is 17.0 Å². The third-order valence-electron chi connectivity index (χ3n) is 6.28. The van der Waals surface area contributed by atoms with Gasteiger partial charge in [-0.2, -0.15) is 0 Å². The van der Waals surface area contributed by atoms with Crippen LogP contribution < -0.4 is 4.74 Å². The van der Waals surface area contributed by atoms with Crippen LogP contribution in [0.15, 0.2) is 29.4 Å². The molecule has 0 bridgehead atoms. The number of oxime groups is 1. The monoisotopic (exact) mass is 431 g/mol. The van der Waals surface area contributed by atoms with E-state index in [-0.39, 0.29) is 5.91 Å². The van der Waals surface area contributed by atoms with Crippen LogP contribution in [0.4, 0.5) is 0 Å². The van der Waals surface area contributed by atoms with Gasteiger partial charge in [-0.1, -0.05) is 37.2 Å². The molecule has 7 heteroatoms. The zero-order chi connectivity index (χ0) is 22.2. The minimum Gasteiger partial charge on any atom is -0.496 e. The highest BCUT2D eigenvalue weighted by Gasteiger charge is 2.34. The van der Waals surface area contributed by atoms with Gasteiger partial charge in [-0.25, -0.2) is 0 Å². The molecular formula is C24H37N3O4. The molecule has 0 aliphatic carbocycles. The average molecular weight is 432 g/mol. The second kappa shape index (κ2) is 11.5. The van der Waals surface area contributed by atoms with E-state index in [2.05, 4.69) is 36.0 Å². The maximum atomic E-state index is 13.1. The maximum Gasteiger partial charge on any atom is 0.266 e. The van der Waals surface area contributed by atoms with E-state index in [4.69, 9.17) is 14.3 Å². The summed E-state index contributed by atoms with van der Waals surface area (Å²) in [6.07, 6.45) is 2.26. The average Bonchev–Trinajstić information content (AvgIpc) is 3.28. The van der Waals surface area contributed by atoms with Gasteiger partial charge in [-0.05, 0) is 43.8 Å². The van der Waals surface area contributed by atoms with Crippen molar-refractivity contribution in [2.75, 3.05) is 47.0 Å². The highest BCUT2D eigenvalue weighted by Crippen LogP contribution is 2.25. The molecule has 1 fully saturated rings. The SMILES string of the molecule is COCCN(CC1CCN(Cc2ccccc2OC)CC1)C(=O)[C@@H]1CC(C(C)C)=NO1. The smallest absolute Gasteiger partial charge is 0.266 e. The number of hydrogen-bond acceptors (Lipinski definition) is 6. The number of ether oxygens (including phenoxy) is 2. The van der Waals surface area contributed by atoms with E-state index in [1.54, 1.807) is 14.2 Å². The summed E-state index contributed by atoms with van der Waals surface area (Å²) in [6, 6.07) is 8.21. The van der Waals surface area contributed by atoms with Crippen LogP contribution in [0.3, 0.4) is 0 Å². The fourth-order valence-corrected chi connectivity index (χ4v) is 4.28. The van der Waals surface area contributed by atoms with E-state index in [1.165, 1.54) is 5.56 Å². The van der Waals surface area contributed by atoms with Gasteiger partial charge in [0, 0.05) is 38.7 Å². The van der Waals surface area contributed by atoms with Gasteiger partial charge < -0.3 is 19.2 Å². The molecule has 0 radical (unpaired) electrons. The molecule has 2 heterocycles. The van der Waals surface area contributed by atoms with Crippen LogP contribution in [0.5, 0.6) is 5.75 Å². The van der Waals surface area contributed by atoms with Crippen molar-refractivity contribution in [2.45, 2.75) is 45.8 Å². The largest absolute Gasteiger partial charge is 0.496 e. The Kier molecular flexibility index (Phi) is 8.72. The van der Waals surface area contributed by atoms with Crippen LogP contribution in [0.2, 0.25) is 0 Å². The van der Waals surface area contributed by atoms with Crippen molar-refractivity contribution >= 4 is 11.6 Å². The summed E-state index contributed by atoms with van der Waals surface area (Å²) < 4.78 is 10.7. The van der Waals surface area contributed by atoms with Crippen LogP contribution in [0, 0.1) is 11.8 Å². The van der Waals surface area contributed by atoms with Gasteiger partial charge in [0.1, 0.15) is 5.75 Å². The minimum absolute atomic E-state index is 0.0351.